The Labute approximate surface area is 98.2 Å². The van der Waals surface area contributed by atoms with E-state index in [1.807, 2.05) is 6.92 Å². The molecule has 1 rings (SSSR count). The highest BCUT2D eigenvalue weighted by Gasteiger charge is 2.27. The zero-order valence-electron chi connectivity index (χ0n) is 10.1. The van der Waals surface area contributed by atoms with E-state index in [1.165, 1.54) is 4.31 Å². The molecule has 0 saturated carbocycles. The SMILES string of the molecule is CCNCCS(=O)(=O)N(C)C1CCOCC1. The highest BCUT2D eigenvalue weighted by Crippen LogP contribution is 2.15. The van der Waals surface area contributed by atoms with Crippen molar-refractivity contribution in [1.29, 1.82) is 0 Å². The summed E-state index contributed by atoms with van der Waals surface area (Å²) in [5.74, 6) is 0.175. The lowest BCUT2D eigenvalue weighted by molar-refractivity contribution is 0.0632. The van der Waals surface area contributed by atoms with E-state index in [2.05, 4.69) is 5.32 Å². The fraction of sp³-hybridized carbons (Fsp3) is 1.00. The van der Waals surface area contributed by atoms with Crippen molar-refractivity contribution in [3.8, 4) is 0 Å². The maximum absolute atomic E-state index is 11.9. The number of nitrogens with zero attached hydrogens (tertiary/aromatic N) is 1. The van der Waals surface area contributed by atoms with Gasteiger partial charge in [-0.25, -0.2) is 12.7 Å². The largest absolute Gasteiger partial charge is 0.381 e. The van der Waals surface area contributed by atoms with E-state index >= 15 is 0 Å². The molecule has 0 atom stereocenters. The molecule has 0 radical (unpaired) electrons. The second-order valence-electron chi connectivity index (χ2n) is 4.03. The van der Waals surface area contributed by atoms with E-state index < -0.39 is 10.0 Å². The average Bonchev–Trinajstić information content (AvgIpc) is 2.29. The van der Waals surface area contributed by atoms with Crippen LogP contribution in [-0.4, -0.2) is 57.9 Å². The molecule has 5 nitrogen and oxygen atoms in total. The normalized spacial score (nSPS) is 19.2. The Balaban J connectivity index is 2.46. The van der Waals surface area contributed by atoms with Gasteiger partial charge in [0.25, 0.3) is 0 Å². The average molecular weight is 250 g/mol. The highest BCUT2D eigenvalue weighted by atomic mass is 32.2. The van der Waals surface area contributed by atoms with E-state index in [-0.39, 0.29) is 11.8 Å². The predicted octanol–water partition coefficient (Wildman–Crippen LogP) is 0.0365. The Bertz CT molecular complexity index is 286. The molecule has 0 aromatic rings. The van der Waals surface area contributed by atoms with Crippen LogP contribution >= 0.6 is 0 Å². The van der Waals surface area contributed by atoms with E-state index in [1.54, 1.807) is 7.05 Å². The summed E-state index contributed by atoms with van der Waals surface area (Å²) in [5.41, 5.74) is 0. The molecule has 0 bridgehead atoms. The quantitative estimate of drug-likeness (QED) is 0.676. The van der Waals surface area contributed by atoms with Crippen molar-refractivity contribution in [2.45, 2.75) is 25.8 Å². The van der Waals surface area contributed by atoms with Crippen LogP contribution in [0.5, 0.6) is 0 Å². The molecule has 0 unspecified atom stereocenters. The summed E-state index contributed by atoms with van der Waals surface area (Å²) in [7, 11) is -1.44. The van der Waals surface area contributed by atoms with Gasteiger partial charge in [0.2, 0.25) is 10.0 Å². The van der Waals surface area contributed by atoms with E-state index in [4.69, 9.17) is 4.74 Å². The van der Waals surface area contributed by atoms with Gasteiger partial charge in [0, 0.05) is 32.8 Å². The lowest BCUT2D eigenvalue weighted by atomic mass is 10.1. The Morgan fingerprint density at radius 3 is 2.56 bits per heavy atom. The Morgan fingerprint density at radius 1 is 1.38 bits per heavy atom. The minimum absolute atomic E-state index is 0.111. The first-order valence-electron chi connectivity index (χ1n) is 5.82. The van der Waals surface area contributed by atoms with Crippen molar-refractivity contribution >= 4 is 10.0 Å². The lowest BCUT2D eigenvalue weighted by Gasteiger charge is -2.30. The summed E-state index contributed by atoms with van der Waals surface area (Å²) in [6.07, 6.45) is 1.61. The van der Waals surface area contributed by atoms with Crippen LogP contribution in [0, 0.1) is 0 Å². The number of hydrogen-bond acceptors (Lipinski definition) is 4. The summed E-state index contributed by atoms with van der Waals surface area (Å²) < 4.78 is 30.6. The first-order chi connectivity index (χ1) is 7.58. The molecule has 1 N–H and O–H groups in total. The van der Waals surface area contributed by atoms with Gasteiger partial charge in [-0.1, -0.05) is 6.92 Å². The number of sulfonamides is 1. The topological polar surface area (TPSA) is 58.6 Å². The van der Waals surface area contributed by atoms with Crippen molar-refractivity contribution < 1.29 is 13.2 Å². The van der Waals surface area contributed by atoms with E-state index in [9.17, 15) is 8.42 Å². The number of nitrogens with one attached hydrogen (secondary N) is 1. The first kappa shape index (κ1) is 13.9. The molecule has 1 saturated heterocycles. The molecule has 0 aromatic heterocycles. The van der Waals surface area contributed by atoms with Gasteiger partial charge >= 0.3 is 0 Å². The van der Waals surface area contributed by atoms with Crippen LogP contribution in [-0.2, 0) is 14.8 Å². The molecule has 1 heterocycles. The molecule has 96 valence electrons. The smallest absolute Gasteiger partial charge is 0.215 e. The van der Waals surface area contributed by atoms with Crippen LogP contribution in [0.3, 0.4) is 0 Å². The summed E-state index contributed by atoms with van der Waals surface area (Å²) in [6, 6.07) is 0.111. The molecule has 0 aromatic carbocycles. The third kappa shape index (κ3) is 4.01. The molecule has 16 heavy (non-hydrogen) atoms. The number of ether oxygens (including phenoxy) is 1. The Hall–Kier alpha value is -0.170. The molecular formula is C10H22N2O3S. The molecule has 1 fully saturated rings. The van der Waals surface area contributed by atoms with Gasteiger partial charge < -0.3 is 10.1 Å². The van der Waals surface area contributed by atoms with Crippen molar-refractivity contribution in [3.63, 3.8) is 0 Å². The summed E-state index contributed by atoms with van der Waals surface area (Å²) >= 11 is 0. The van der Waals surface area contributed by atoms with Gasteiger partial charge in [0.05, 0.1) is 5.75 Å². The molecule has 6 heteroatoms. The van der Waals surface area contributed by atoms with E-state index in [0.717, 1.165) is 19.4 Å². The van der Waals surface area contributed by atoms with Crippen LogP contribution in [0.25, 0.3) is 0 Å². The maximum Gasteiger partial charge on any atom is 0.215 e. The second-order valence-corrected chi connectivity index (χ2v) is 6.18. The summed E-state index contributed by atoms with van der Waals surface area (Å²) in [5, 5.41) is 3.03. The van der Waals surface area contributed by atoms with Crippen LogP contribution < -0.4 is 5.32 Å². The van der Waals surface area contributed by atoms with Gasteiger partial charge in [-0.15, -0.1) is 0 Å². The minimum Gasteiger partial charge on any atom is -0.381 e. The fourth-order valence-electron chi connectivity index (χ4n) is 1.80. The van der Waals surface area contributed by atoms with Gasteiger partial charge in [0.15, 0.2) is 0 Å². The van der Waals surface area contributed by atoms with Crippen molar-refractivity contribution in [2.24, 2.45) is 0 Å². The molecule has 1 aliphatic rings. The van der Waals surface area contributed by atoms with Crippen molar-refractivity contribution in [1.82, 2.24) is 9.62 Å². The number of rotatable bonds is 6. The number of hydrogen-bond donors (Lipinski definition) is 1. The zero-order chi connectivity index (χ0) is 12.0. The van der Waals surface area contributed by atoms with E-state index in [0.29, 0.717) is 19.8 Å². The molecule has 0 aliphatic carbocycles. The van der Waals surface area contributed by atoms with Crippen LogP contribution in [0.4, 0.5) is 0 Å². The Morgan fingerprint density at radius 2 is 2.00 bits per heavy atom. The van der Waals surface area contributed by atoms with Crippen molar-refractivity contribution in [3.05, 3.63) is 0 Å². The van der Waals surface area contributed by atoms with Gasteiger partial charge in [-0.2, -0.15) is 0 Å². The Kier molecular flexibility index (Phi) is 5.68. The first-order valence-corrected chi connectivity index (χ1v) is 7.43. The van der Waals surface area contributed by atoms with Gasteiger partial charge in [0.1, 0.15) is 0 Å². The standard InChI is InChI=1S/C10H22N2O3S/c1-3-11-6-9-16(13,14)12(2)10-4-7-15-8-5-10/h10-11H,3-9H2,1-2H3. The highest BCUT2D eigenvalue weighted by molar-refractivity contribution is 7.89. The van der Waals surface area contributed by atoms with Crippen molar-refractivity contribution in [2.75, 3.05) is 39.1 Å². The van der Waals surface area contributed by atoms with Crippen LogP contribution in [0.15, 0.2) is 0 Å². The molecule has 1 aliphatic heterocycles. The van der Waals surface area contributed by atoms with Crippen LogP contribution in [0.1, 0.15) is 19.8 Å². The molecule has 0 amide bonds. The molecule has 0 spiro atoms. The lowest BCUT2D eigenvalue weighted by Crippen LogP contribution is -2.43. The summed E-state index contributed by atoms with van der Waals surface area (Å²) in [6.45, 7) is 4.62. The monoisotopic (exact) mass is 250 g/mol. The fourth-order valence-corrected chi connectivity index (χ4v) is 3.15. The maximum atomic E-state index is 11.9. The third-order valence-electron chi connectivity index (χ3n) is 2.93. The third-order valence-corrected chi connectivity index (χ3v) is 4.83. The second kappa shape index (κ2) is 6.54. The zero-order valence-corrected chi connectivity index (χ0v) is 10.9. The summed E-state index contributed by atoms with van der Waals surface area (Å²) in [4.78, 5) is 0. The minimum atomic E-state index is -3.12. The van der Waals surface area contributed by atoms with Crippen LogP contribution in [0.2, 0.25) is 0 Å². The van der Waals surface area contributed by atoms with Gasteiger partial charge in [-0.05, 0) is 19.4 Å². The molecular weight excluding hydrogens is 228 g/mol. The predicted molar refractivity (Wildman–Crippen MR) is 63.9 cm³/mol. The van der Waals surface area contributed by atoms with Gasteiger partial charge in [-0.3, -0.25) is 0 Å².